The molecule has 9 heteroatoms. The van der Waals surface area contributed by atoms with Crippen molar-refractivity contribution >= 4 is 5.91 Å². The van der Waals surface area contributed by atoms with E-state index >= 15 is 0 Å². The van der Waals surface area contributed by atoms with E-state index in [1.54, 1.807) is 54.7 Å². The zero-order valence-electron chi connectivity index (χ0n) is 15.2. The number of ether oxygens (including phenoxy) is 2. The van der Waals surface area contributed by atoms with Gasteiger partial charge in [0.05, 0.1) is 6.61 Å². The fourth-order valence-corrected chi connectivity index (χ4v) is 2.96. The van der Waals surface area contributed by atoms with Gasteiger partial charge in [0.2, 0.25) is 6.29 Å². The average Bonchev–Trinajstić information content (AvgIpc) is 2.75. The molecule has 0 unspecified atom stereocenters. The Morgan fingerprint density at radius 2 is 1.59 bits per heavy atom. The Kier molecular flexibility index (Phi) is 6.43. The molecule has 5 N–H and O–H groups in total. The predicted molar refractivity (Wildman–Crippen MR) is 99.4 cm³/mol. The Labute approximate surface area is 166 Å². The molecule has 1 fully saturated rings. The van der Waals surface area contributed by atoms with Gasteiger partial charge in [0.15, 0.2) is 6.19 Å². The Balaban J connectivity index is 1.69. The molecule has 1 aliphatic heterocycles. The van der Waals surface area contributed by atoms with Crippen LogP contribution < -0.4 is 10.1 Å². The molecule has 152 valence electrons. The first-order valence-corrected chi connectivity index (χ1v) is 8.81. The van der Waals surface area contributed by atoms with Crippen molar-refractivity contribution in [3.63, 3.8) is 0 Å². The van der Waals surface area contributed by atoms with Crippen LogP contribution in [0.25, 0.3) is 11.1 Å². The van der Waals surface area contributed by atoms with Gasteiger partial charge < -0.3 is 29.9 Å². The first-order valence-electron chi connectivity index (χ1n) is 8.81. The van der Waals surface area contributed by atoms with Gasteiger partial charge in [-0.2, -0.15) is 5.26 Å². The predicted octanol–water partition coefficient (Wildman–Crippen LogP) is -0.257. The van der Waals surface area contributed by atoms with E-state index in [9.17, 15) is 25.2 Å². The van der Waals surface area contributed by atoms with Crippen molar-refractivity contribution in [2.24, 2.45) is 0 Å². The normalized spacial score (nSPS) is 26.4. The fourth-order valence-electron chi connectivity index (χ4n) is 2.96. The number of hydrogen-bond acceptors (Lipinski definition) is 8. The summed E-state index contributed by atoms with van der Waals surface area (Å²) >= 11 is 0. The Morgan fingerprint density at radius 3 is 2.14 bits per heavy atom. The summed E-state index contributed by atoms with van der Waals surface area (Å²) in [6, 6.07) is 13.4. The standard InChI is InChI=1S/C20H20N2O7/c21-10-22-19(27)13-3-1-11(2-4-13)12-5-7-14(8-6-12)28-20-18(26)17(25)16(24)15(9-23)29-20/h1-8,15-18,20,23-26H,9H2,(H,22,27)/t15-,16-,17+,18+,20+/m1/s1. The summed E-state index contributed by atoms with van der Waals surface area (Å²) in [5.41, 5.74) is 2.02. The summed E-state index contributed by atoms with van der Waals surface area (Å²) in [7, 11) is 0. The molecule has 3 rings (SSSR count). The average molecular weight is 400 g/mol. The number of amides is 1. The van der Waals surface area contributed by atoms with Crippen molar-refractivity contribution < 1.29 is 34.7 Å². The van der Waals surface area contributed by atoms with Crippen LogP contribution in [0.15, 0.2) is 48.5 Å². The number of nitrogens with one attached hydrogen (secondary N) is 1. The lowest BCUT2D eigenvalue weighted by Crippen LogP contribution is -2.60. The van der Waals surface area contributed by atoms with Gasteiger partial charge in [0.25, 0.3) is 5.91 Å². The van der Waals surface area contributed by atoms with E-state index in [0.29, 0.717) is 11.3 Å². The highest BCUT2D eigenvalue weighted by Crippen LogP contribution is 2.27. The summed E-state index contributed by atoms with van der Waals surface area (Å²) in [6.45, 7) is -0.536. The zero-order chi connectivity index (χ0) is 21.0. The molecule has 0 saturated carbocycles. The molecule has 1 saturated heterocycles. The molecule has 0 aliphatic carbocycles. The molecule has 1 aliphatic rings. The molecular weight excluding hydrogens is 380 g/mol. The number of hydrogen-bond donors (Lipinski definition) is 5. The fraction of sp³-hybridized carbons (Fsp3) is 0.300. The van der Waals surface area contributed by atoms with Gasteiger partial charge in [-0.05, 0) is 35.4 Å². The lowest BCUT2D eigenvalue weighted by molar-refractivity contribution is -0.277. The van der Waals surface area contributed by atoms with E-state index < -0.39 is 43.2 Å². The monoisotopic (exact) mass is 400 g/mol. The molecule has 5 atom stereocenters. The van der Waals surface area contributed by atoms with Crippen LogP contribution in [-0.4, -0.2) is 63.6 Å². The quantitative estimate of drug-likeness (QED) is 0.340. The van der Waals surface area contributed by atoms with Crippen molar-refractivity contribution in [3.8, 4) is 23.1 Å². The molecule has 2 aromatic carbocycles. The molecule has 9 nitrogen and oxygen atoms in total. The van der Waals surface area contributed by atoms with Gasteiger partial charge in [0, 0.05) is 5.56 Å². The van der Waals surface area contributed by atoms with Crippen molar-refractivity contribution in [1.29, 1.82) is 5.26 Å². The Hall–Kier alpha value is -3.00. The number of carbonyl (C=O) groups excluding carboxylic acids is 1. The van der Waals surface area contributed by atoms with Crippen LogP contribution in [0.4, 0.5) is 0 Å². The number of carbonyl (C=O) groups is 1. The summed E-state index contributed by atoms with van der Waals surface area (Å²) in [5.74, 6) is -0.134. The number of nitrogens with zero attached hydrogens (tertiary/aromatic N) is 1. The van der Waals surface area contributed by atoms with Crippen LogP contribution in [0.3, 0.4) is 0 Å². The van der Waals surface area contributed by atoms with Crippen molar-refractivity contribution in [1.82, 2.24) is 5.32 Å². The van der Waals surface area contributed by atoms with Crippen molar-refractivity contribution in [2.45, 2.75) is 30.7 Å². The minimum absolute atomic E-state index is 0.350. The molecule has 0 aromatic heterocycles. The molecule has 2 aromatic rings. The van der Waals surface area contributed by atoms with E-state index in [0.717, 1.165) is 11.1 Å². The highest BCUT2D eigenvalue weighted by molar-refractivity contribution is 5.95. The second-order valence-electron chi connectivity index (χ2n) is 6.48. The first-order chi connectivity index (χ1) is 13.9. The molecule has 0 radical (unpaired) electrons. The third kappa shape index (κ3) is 4.54. The molecule has 0 bridgehead atoms. The number of nitriles is 1. The number of aliphatic hydroxyl groups excluding tert-OH is 4. The van der Waals surface area contributed by atoms with E-state index in [4.69, 9.17) is 14.7 Å². The highest BCUT2D eigenvalue weighted by Gasteiger charge is 2.44. The maximum atomic E-state index is 11.6. The van der Waals surface area contributed by atoms with Gasteiger partial charge in [0.1, 0.15) is 30.2 Å². The molecule has 29 heavy (non-hydrogen) atoms. The van der Waals surface area contributed by atoms with Gasteiger partial charge in [-0.15, -0.1) is 0 Å². The minimum Gasteiger partial charge on any atom is -0.462 e. The van der Waals surface area contributed by atoms with E-state index in [1.165, 1.54) is 0 Å². The van der Waals surface area contributed by atoms with Crippen LogP contribution in [0, 0.1) is 11.5 Å². The third-order valence-electron chi connectivity index (χ3n) is 4.60. The number of benzene rings is 2. The summed E-state index contributed by atoms with van der Waals surface area (Å²) in [6.07, 6.45) is -5.17. The van der Waals surface area contributed by atoms with Gasteiger partial charge >= 0.3 is 0 Å². The zero-order valence-corrected chi connectivity index (χ0v) is 15.2. The van der Waals surface area contributed by atoms with E-state index in [2.05, 4.69) is 5.32 Å². The topological polar surface area (TPSA) is 152 Å². The Bertz CT molecular complexity index is 877. The largest absolute Gasteiger partial charge is 0.462 e. The van der Waals surface area contributed by atoms with Gasteiger partial charge in [-0.3, -0.25) is 10.1 Å². The molecular formula is C20H20N2O7. The van der Waals surface area contributed by atoms with Gasteiger partial charge in [-0.1, -0.05) is 24.3 Å². The minimum atomic E-state index is -1.51. The van der Waals surface area contributed by atoms with Crippen LogP contribution in [-0.2, 0) is 4.74 Å². The maximum Gasteiger partial charge on any atom is 0.264 e. The maximum absolute atomic E-state index is 11.6. The van der Waals surface area contributed by atoms with E-state index in [-0.39, 0.29) is 0 Å². The van der Waals surface area contributed by atoms with Crippen LogP contribution in [0.5, 0.6) is 5.75 Å². The Morgan fingerprint density at radius 1 is 1.00 bits per heavy atom. The van der Waals surface area contributed by atoms with E-state index in [1.807, 2.05) is 0 Å². The van der Waals surface area contributed by atoms with Crippen LogP contribution in [0.2, 0.25) is 0 Å². The van der Waals surface area contributed by atoms with Crippen molar-refractivity contribution in [2.75, 3.05) is 6.61 Å². The summed E-state index contributed by atoms with van der Waals surface area (Å²) in [4.78, 5) is 11.6. The highest BCUT2D eigenvalue weighted by atomic mass is 16.7. The second-order valence-corrected chi connectivity index (χ2v) is 6.48. The SMILES string of the molecule is N#CNC(=O)c1ccc(-c2ccc(O[C@H]3O[C@H](CO)[C@@H](O)[C@H](O)[C@@H]3O)cc2)cc1. The second kappa shape index (κ2) is 9.00. The smallest absolute Gasteiger partial charge is 0.264 e. The molecule has 0 spiro atoms. The van der Waals surface area contributed by atoms with Crippen LogP contribution >= 0.6 is 0 Å². The lowest BCUT2D eigenvalue weighted by Gasteiger charge is -2.39. The van der Waals surface area contributed by atoms with Crippen LogP contribution in [0.1, 0.15) is 10.4 Å². The summed E-state index contributed by atoms with van der Waals surface area (Å²) < 4.78 is 10.9. The number of rotatable bonds is 5. The van der Waals surface area contributed by atoms with Crippen molar-refractivity contribution in [3.05, 3.63) is 54.1 Å². The molecule has 1 amide bonds. The number of aliphatic hydroxyl groups is 4. The third-order valence-corrected chi connectivity index (χ3v) is 4.60. The molecule has 1 heterocycles. The summed E-state index contributed by atoms with van der Waals surface area (Å²) in [5, 5.41) is 49.4. The lowest BCUT2D eigenvalue weighted by atomic mass is 9.99. The van der Waals surface area contributed by atoms with Gasteiger partial charge in [-0.25, -0.2) is 0 Å². The first kappa shape index (κ1) is 20.7.